The van der Waals surface area contributed by atoms with Crippen LogP contribution < -0.4 is 10.1 Å². The Hall–Kier alpha value is -1.77. The molecular weight excluding hydrogens is 212 g/mol. The predicted molar refractivity (Wildman–Crippen MR) is 71.8 cm³/mol. The maximum Gasteiger partial charge on any atom is 0.221 e. The highest BCUT2D eigenvalue weighted by Gasteiger charge is 2.09. The van der Waals surface area contributed by atoms with Crippen molar-refractivity contribution < 1.29 is 4.74 Å². The van der Waals surface area contributed by atoms with Crippen molar-refractivity contribution in [2.75, 3.05) is 12.4 Å². The zero-order valence-corrected chi connectivity index (χ0v) is 10.7. The van der Waals surface area contributed by atoms with Crippen LogP contribution in [0.5, 0.6) is 5.88 Å². The van der Waals surface area contributed by atoms with Gasteiger partial charge in [0, 0.05) is 28.7 Å². The van der Waals surface area contributed by atoms with Gasteiger partial charge in [0.15, 0.2) is 0 Å². The second kappa shape index (κ2) is 4.62. The zero-order valence-electron chi connectivity index (χ0n) is 10.7. The van der Waals surface area contributed by atoms with Crippen LogP contribution in [0, 0.1) is 6.92 Å². The van der Waals surface area contributed by atoms with Crippen molar-refractivity contribution >= 4 is 16.5 Å². The summed E-state index contributed by atoms with van der Waals surface area (Å²) in [7, 11) is 1.65. The SMILES string of the molecule is COc1ncc(C)c2c(NC(C)C)cccc12. The molecule has 3 heteroatoms. The summed E-state index contributed by atoms with van der Waals surface area (Å²) >= 11 is 0. The van der Waals surface area contributed by atoms with Gasteiger partial charge in [0.1, 0.15) is 0 Å². The van der Waals surface area contributed by atoms with Crippen LogP contribution in [0.25, 0.3) is 10.8 Å². The Labute approximate surface area is 102 Å². The molecule has 0 radical (unpaired) electrons. The minimum Gasteiger partial charge on any atom is -0.481 e. The average Bonchev–Trinajstić information content (AvgIpc) is 2.29. The van der Waals surface area contributed by atoms with Crippen LogP contribution in [0.4, 0.5) is 5.69 Å². The van der Waals surface area contributed by atoms with E-state index in [-0.39, 0.29) is 0 Å². The van der Waals surface area contributed by atoms with Crippen LogP contribution in [0.2, 0.25) is 0 Å². The molecule has 3 nitrogen and oxygen atoms in total. The van der Waals surface area contributed by atoms with E-state index in [4.69, 9.17) is 4.74 Å². The molecular formula is C14H18N2O. The Bertz CT molecular complexity index is 535. The van der Waals surface area contributed by atoms with Crippen LogP contribution in [0.3, 0.4) is 0 Å². The number of hydrogen-bond donors (Lipinski definition) is 1. The number of ether oxygens (including phenoxy) is 1. The Morgan fingerprint density at radius 2 is 2.06 bits per heavy atom. The number of rotatable bonds is 3. The summed E-state index contributed by atoms with van der Waals surface area (Å²) in [6, 6.07) is 6.56. The average molecular weight is 230 g/mol. The van der Waals surface area contributed by atoms with Crippen molar-refractivity contribution in [3.63, 3.8) is 0 Å². The van der Waals surface area contributed by atoms with Gasteiger partial charge >= 0.3 is 0 Å². The van der Waals surface area contributed by atoms with E-state index in [1.165, 1.54) is 5.39 Å². The molecule has 0 aliphatic heterocycles. The first-order valence-corrected chi connectivity index (χ1v) is 5.82. The fourth-order valence-electron chi connectivity index (χ4n) is 2.04. The summed E-state index contributed by atoms with van der Waals surface area (Å²) in [5.74, 6) is 0.679. The summed E-state index contributed by atoms with van der Waals surface area (Å²) in [6.07, 6.45) is 1.85. The quantitative estimate of drug-likeness (QED) is 0.877. The highest BCUT2D eigenvalue weighted by Crippen LogP contribution is 2.31. The van der Waals surface area contributed by atoms with Gasteiger partial charge in [0.25, 0.3) is 0 Å². The molecule has 0 aliphatic carbocycles. The van der Waals surface area contributed by atoms with Crippen molar-refractivity contribution in [1.82, 2.24) is 4.98 Å². The summed E-state index contributed by atoms with van der Waals surface area (Å²) < 4.78 is 5.30. The van der Waals surface area contributed by atoms with Crippen molar-refractivity contribution in [1.29, 1.82) is 0 Å². The number of fused-ring (bicyclic) bond motifs is 1. The molecule has 1 heterocycles. The third-order valence-corrected chi connectivity index (χ3v) is 2.70. The number of methoxy groups -OCH3 is 1. The molecule has 0 saturated heterocycles. The van der Waals surface area contributed by atoms with Crippen molar-refractivity contribution in [2.24, 2.45) is 0 Å². The third-order valence-electron chi connectivity index (χ3n) is 2.70. The first-order valence-electron chi connectivity index (χ1n) is 5.82. The van der Waals surface area contributed by atoms with Gasteiger partial charge in [-0.3, -0.25) is 0 Å². The van der Waals surface area contributed by atoms with E-state index < -0.39 is 0 Å². The van der Waals surface area contributed by atoms with Crippen LogP contribution in [0.1, 0.15) is 19.4 Å². The Balaban J connectivity index is 2.70. The van der Waals surface area contributed by atoms with Gasteiger partial charge in [-0.15, -0.1) is 0 Å². The van der Waals surface area contributed by atoms with Gasteiger partial charge in [-0.1, -0.05) is 6.07 Å². The first-order chi connectivity index (χ1) is 8.13. The molecule has 0 saturated carbocycles. The molecule has 17 heavy (non-hydrogen) atoms. The number of nitrogens with zero attached hydrogens (tertiary/aromatic N) is 1. The number of aryl methyl sites for hydroxylation is 1. The Morgan fingerprint density at radius 3 is 2.71 bits per heavy atom. The van der Waals surface area contributed by atoms with Crippen LogP contribution in [0.15, 0.2) is 24.4 Å². The lowest BCUT2D eigenvalue weighted by Gasteiger charge is -2.15. The Morgan fingerprint density at radius 1 is 1.29 bits per heavy atom. The molecule has 0 atom stereocenters. The summed E-state index contributed by atoms with van der Waals surface area (Å²) in [6.45, 7) is 6.33. The number of hydrogen-bond acceptors (Lipinski definition) is 3. The normalized spacial score (nSPS) is 10.9. The maximum atomic E-state index is 5.30. The molecule has 1 aromatic heterocycles. The van der Waals surface area contributed by atoms with E-state index >= 15 is 0 Å². The number of pyridine rings is 1. The third kappa shape index (κ3) is 2.18. The summed E-state index contributed by atoms with van der Waals surface area (Å²) in [5, 5.41) is 5.70. The van der Waals surface area contributed by atoms with Crippen LogP contribution >= 0.6 is 0 Å². The van der Waals surface area contributed by atoms with Crippen molar-refractivity contribution in [3.8, 4) is 5.88 Å². The number of benzene rings is 1. The lowest BCUT2D eigenvalue weighted by atomic mass is 10.1. The van der Waals surface area contributed by atoms with E-state index in [0.717, 1.165) is 16.6 Å². The monoisotopic (exact) mass is 230 g/mol. The topological polar surface area (TPSA) is 34.1 Å². The molecule has 0 unspecified atom stereocenters. The van der Waals surface area contributed by atoms with Crippen LogP contribution in [-0.4, -0.2) is 18.1 Å². The lowest BCUT2D eigenvalue weighted by molar-refractivity contribution is 0.403. The number of aromatic nitrogens is 1. The van der Waals surface area contributed by atoms with Gasteiger partial charge in [-0.05, 0) is 38.5 Å². The molecule has 0 aliphatic rings. The van der Waals surface area contributed by atoms with E-state index in [1.54, 1.807) is 7.11 Å². The minimum atomic E-state index is 0.402. The molecule has 0 bridgehead atoms. The second-order valence-corrected chi connectivity index (χ2v) is 4.48. The molecule has 1 N–H and O–H groups in total. The fraction of sp³-hybridized carbons (Fsp3) is 0.357. The summed E-state index contributed by atoms with van der Waals surface area (Å²) in [5.41, 5.74) is 2.29. The smallest absolute Gasteiger partial charge is 0.221 e. The molecule has 2 aromatic rings. The molecule has 0 spiro atoms. The van der Waals surface area contributed by atoms with Gasteiger partial charge < -0.3 is 10.1 Å². The molecule has 0 amide bonds. The molecule has 1 aromatic carbocycles. The summed E-state index contributed by atoms with van der Waals surface area (Å²) in [4.78, 5) is 4.30. The highest BCUT2D eigenvalue weighted by molar-refractivity contribution is 5.99. The zero-order chi connectivity index (χ0) is 12.4. The Kier molecular flexibility index (Phi) is 3.18. The fourth-order valence-corrected chi connectivity index (χ4v) is 2.04. The number of anilines is 1. The second-order valence-electron chi connectivity index (χ2n) is 4.48. The van der Waals surface area contributed by atoms with E-state index in [0.29, 0.717) is 11.9 Å². The lowest BCUT2D eigenvalue weighted by Crippen LogP contribution is -2.10. The van der Waals surface area contributed by atoms with Gasteiger partial charge in [-0.2, -0.15) is 0 Å². The number of nitrogens with one attached hydrogen (secondary N) is 1. The molecule has 90 valence electrons. The van der Waals surface area contributed by atoms with E-state index in [1.807, 2.05) is 18.3 Å². The molecule has 2 rings (SSSR count). The molecule has 0 fully saturated rings. The largest absolute Gasteiger partial charge is 0.481 e. The van der Waals surface area contributed by atoms with Gasteiger partial charge in [-0.25, -0.2) is 4.98 Å². The predicted octanol–water partition coefficient (Wildman–Crippen LogP) is 3.37. The standard InChI is InChI=1S/C14H18N2O/c1-9(2)16-12-7-5-6-11-13(12)10(3)8-15-14(11)17-4/h5-9,16H,1-4H3. The highest BCUT2D eigenvalue weighted by atomic mass is 16.5. The van der Waals surface area contributed by atoms with Gasteiger partial charge in [0.05, 0.1) is 7.11 Å². The van der Waals surface area contributed by atoms with Crippen LogP contribution in [-0.2, 0) is 0 Å². The maximum absolute atomic E-state index is 5.30. The van der Waals surface area contributed by atoms with Gasteiger partial charge in [0.2, 0.25) is 5.88 Å². The van der Waals surface area contributed by atoms with E-state index in [2.05, 4.69) is 37.1 Å². The minimum absolute atomic E-state index is 0.402. The van der Waals surface area contributed by atoms with Crippen molar-refractivity contribution in [2.45, 2.75) is 26.8 Å². The van der Waals surface area contributed by atoms with Crippen molar-refractivity contribution in [3.05, 3.63) is 30.0 Å². The van der Waals surface area contributed by atoms with E-state index in [9.17, 15) is 0 Å². The first kappa shape index (κ1) is 11.7.